The molecule has 0 saturated carbocycles. The molecule has 0 unspecified atom stereocenters. The normalized spacial score (nSPS) is 14.0. The van der Waals surface area contributed by atoms with Crippen molar-refractivity contribution >= 4 is 29.1 Å². The number of carbonyl (C=O) groups is 2. The number of thioether (sulfide) groups is 1. The molecule has 0 saturated heterocycles. The van der Waals surface area contributed by atoms with Gasteiger partial charge in [0.25, 0.3) is 0 Å². The minimum atomic E-state index is -0.202. The Morgan fingerprint density at radius 3 is 2.33 bits per heavy atom. The number of carbonyl (C=O) groups excluding carboxylic acids is 2. The summed E-state index contributed by atoms with van der Waals surface area (Å²) in [6, 6.07) is 5.92. The molecule has 0 aliphatic carbocycles. The second-order valence-corrected chi connectivity index (χ2v) is 6.78. The fraction of sp³-hybridized carbons (Fsp3) is 0.294. The van der Waals surface area contributed by atoms with Gasteiger partial charge in [0.1, 0.15) is 0 Å². The molecule has 24 heavy (non-hydrogen) atoms. The van der Waals surface area contributed by atoms with Gasteiger partial charge in [-0.3, -0.25) is 9.59 Å². The van der Waals surface area contributed by atoms with Gasteiger partial charge >= 0.3 is 0 Å². The summed E-state index contributed by atoms with van der Waals surface area (Å²) in [5.74, 6) is 0.287. The quantitative estimate of drug-likeness (QED) is 0.839. The maximum Gasteiger partial charge on any atom is 0.243 e. The fourth-order valence-corrected chi connectivity index (χ4v) is 3.66. The van der Waals surface area contributed by atoms with Crippen molar-refractivity contribution < 1.29 is 9.59 Å². The van der Waals surface area contributed by atoms with Gasteiger partial charge in [-0.15, -0.1) is 10.2 Å². The number of benzene rings is 1. The molecule has 2 aromatic rings. The molecule has 1 aromatic heterocycles. The van der Waals surface area contributed by atoms with Gasteiger partial charge in [0.2, 0.25) is 11.1 Å². The van der Waals surface area contributed by atoms with Crippen molar-refractivity contribution in [3.8, 4) is 0 Å². The van der Waals surface area contributed by atoms with Gasteiger partial charge in [-0.2, -0.15) is 0 Å². The Kier molecular flexibility index (Phi) is 4.04. The molecular weight excluding hydrogens is 324 g/mol. The molecule has 0 atom stereocenters. The van der Waals surface area contributed by atoms with Crippen molar-refractivity contribution in [2.45, 2.75) is 39.8 Å². The Bertz CT molecular complexity index is 898. The average molecular weight is 342 g/mol. The van der Waals surface area contributed by atoms with E-state index in [0.717, 1.165) is 16.7 Å². The number of nitrogens with zero attached hydrogens (tertiary/aromatic N) is 4. The van der Waals surface area contributed by atoms with E-state index in [9.17, 15) is 9.59 Å². The minimum Gasteiger partial charge on any atom is -0.294 e. The lowest BCUT2D eigenvalue weighted by Crippen LogP contribution is -2.41. The molecule has 0 radical (unpaired) electrons. The first-order valence-electron chi connectivity index (χ1n) is 7.55. The smallest absolute Gasteiger partial charge is 0.243 e. The molecule has 0 bridgehead atoms. The Hall–Kier alpha value is -2.41. The first-order valence-corrected chi connectivity index (χ1v) is 8.36. The van der Waals surface area contributed by atoms with Crippen molar-refractivity contribution in [1.82, 2.24) is 14.9 Å². The number of Topliss-reactive ketones (excluding diaryl/α,β-unsaturated/α-hetero) is 1. The zero-order chi connectivity index (χ0) is 17.6. The summed E-state index contributed by atoms with van der Waals surface area (Å²) in [5.41, 5.74) is 3.66. The van der Waals surface area contributed by atoms with Gasteiger partial charge in [0.05, 0.1) is 10.6 Å². The van der Waals surface area contributed by atoms with Crippen LogP contribution in [0.4, 0.5) is 0 Å². The zero-order valence-electron chi connectivity index (χ0n) is 14.2. The van der Waals surface area contributed by atoms with Crippen molar-refractivity contribution in [2.24, 2.45) is 0 Å². The predicted octanol–water partition coefficient (Wildman–Crippen LogP) is 2.75. The first-order chi connectivity index (χ1) is 11.3. The number of aromatic nitrogens is 3. The maximum absolute atomic E-state index is 12.4. The van der Waals surface area contributed by atoms with Crippen LogP contribution in [0.15, 0.2) is 28.3 Å². The molecule has 0 fully saturated rings. The number of hydrogen-bond acceptors (Lipinski definition) is 5. The lowest BCUT2D eigenvalue weighted by atomic mass is 10.0. The Morgan fingerprint density at radius 1 is 1.04 bits per heavy atom. The fourth-order valence-electron chi connectivity index (χ4n) is 2.65. The molecule has 3 rings (SSSR count). The molecule has 6 nitrogen and oxygen atoms in total. The summed E-state index contributed by atoms with van der Waals surface area (Å²) < 4.78 is 1.66. The lowest BCUT2D eigenvalue weighted by molar-refractivity contribution is -0.117. The van der Waals surface area contributed by atoms with E-state index in [-0.39, 0.29) is 11.7 Å². The van der Waals surface area contributed by atoms with E-state index in [1.807, 2.05) is 32.0 Å². The highest BCUT2D eigenvalue weighted by Gasteiger charge is 2.34. The Labute approximate surface area is 144 Å². The van der Waals surface area contributed by atoms with Crippen LogP contribution < -0.4 is 5.01 Å². The molecule has 1 amide bonds. The van der Waals surface area contributed by atoms with Crippen LogP contribution in [0.25, 0.3) is 5.70 Å². The van der Waals surface area contributed by atoms with Crippen molar-refractivity contribution in [1.29, 1.82) is 0 Å². The molecule has 1 aliphatic heterocycles. The van der Waals surface area contributed by atoms with Gasteiger partial charge < -0.3 is 0 Å². The van der Waals surface area contributed by atoms with E-state index in [0.29, 0.717) is 21.6 Å². The third-order valence-electron chi connectivity index (χ3n) is 3.99. The summed E-state index contributed by atoms with van der Waals surface area (Å²) in [7, 11) is 0. The number of aryl methyl sites for hydroxylation is 3. The first kappa shape index (κ1) is 16.4. The molecule has 1 aliphatic rings. The van der Waals surface area contributed by atoms with Gasteiger partial charge in [-0.25, -0.2) is 9.69 Å². The van der Waals surface area contributed by atoms with Gasteiger partial charge in [-0.05, 0) is 56.7 Å². The zero-order valence-corrected chi connectivity index (χ0v) is 15.1. The highest BCUT2D eigenvalue weighted by Crippen LogP contribution is 2.39. The second kappa shape index (κ2) is 5.90. The molecule has 1 aromatic carbocycles. The van der Waals surface area contributed by atoms with Gasteiger partial charge in [0, 0.05) is 12.5 Å². The third-order valence-corrected chi connectivity index (χ3v) is 5.11. The summed E-state index contributed by atoms with van der Waals surface area (Å²) in [6.45, 7) is 8.79. The second-order valence-electron chi connectivity index (χ2n) is 5.81. The molecule has 2 heterocycles. The van der Waals surface area contributed by atoms with Crippen LogP contribution in [-0.4, -0.2) is 26.6 Å². The molecule has 0 N–H and O–H groups in total. The SMILES string of the molecule is CC(=O)C1=C(c2ccc(C)c(C)c2)N(C(C)=O)n2c(C)nnc2S1. The third kappa shape index (κ3) is 2.54. The van der Waals surface area contributed by atoms with Gasteiger partial charge in [0.15, 0.2) is 11.6 Å². The Morgan fingerprint density at radius 2 is 1.75 bits per heavy atom. The standard InChI is InChI=1S/C17H18N4O2S/c1-9-6-7-14(8-10(9)2)15-16(11(3)22)24-17-19-18-12(4)20(17)21(15)13(5)23/h6-8H,1-5H3. The van der Waals surface area contributed by atoms with E-state index in [1.54, 1.807) is 11.6 Å². The topological polar surface area (TPSA) is 68.1 Å². The van der Waals surface area contributed by atoms with Crippen molar-refractivity contribution in [3.05, 3.63) is 45.6 Å². The molecule has 0 spiro atoms. The van der Waals surface area contributed by atoms with E-state index in [1.165, 1.54) is 30.6 Å². The van der Waals surface area contributed by atoms with E-state index < -0.39 is 0 Å². The predicted molar refractivity (Wildman–Crippen MR) is 93.0 cm³/mol. The van der Waals surface area contributed by atoms with Crippen LogP contribution in [0.1, 0.15) is 36.4 Å². The monoisotopic (exact) mass is 342 g/mol. The summed E-state index contributed by atoms with van der Waals surface area (Å²) >= 11 is 1.25. The lowest BCUT2D eigenvalue weighted by Gasteiger charge is -2.32. The van der Waals surface area contributed by atoms with Crippen molar-refractivity contribution in [3.63, 3.8) is 0 Å². The number of ketones is 1. The maximum atomic E-state index is 12.4. The van der Waals surface area contributed by atoms with Gasteiger partial charge in [-0.1, -0.05) is 12.1 Å². The number of rotatable bonds is 2. The Balaban J connectivity index is 2.31. The van der Waals surface area contributed by atoms with Crippen molar-refractivity contribution in [2.75, 3.05) is 5.01 Å². The largest absolute Gasteiger partial charge is 0.294 e. The van der Waals surface area contributed by atoms with Crippen LogP contribution in [0.3, 0.4) is 0 Å². The number of hydrogen-bond donors (Lipinski definition) is 0. The minimum absolute atomic E-state index is 0.105. The van der Waals surface area contributed by atoms with Crippen LogP contribution in [0, 0.1) is 20.8 Å². The highest BCUT2D eigenvalue weighted by molar-refractivity contribution is 8.04. The summed E-state index contributed by atoms with van der Waals surface area (Å²) in [4.78, 5) is 25.1. The van der Waals surface area contributed by atoms with E-state index in [4.69, 9.17) is 0 Å². The number of fused-ring (bicyclic) bond motifs is 1. The van der Waals surface area contributed by atoms with E-state index >= 15 is 0 Å². The van der Waals surface area contributed by atoms with Crippen LogP contribution in [-0.2, 0) is 9.59 Å². The van der Waals surface area contributed by atoms with E-state index in [2.05, 4.69) is 10.2 Å². The number of amides is 1. The highest BCUT2D eigenvalue weighted by atomic mass is 32.2. The molecular formula is C17H18N4O2S. The number of allylic oxidation sites excluding steroid dienone is 1. The van der Waals surface area contributed by atoms with Crippen LogP contribution >= 0.6 is 11.8 Å². The summed E-state index contributed by atoms with van der Waals surface area (Å²) in [6.07, 6.45) is 0. The van der Waals surface area contributed by atoms with Crippen LogP contribution in [0.2, 0.25) is 0 Å². The van der Waals surface area contributed by atoms with Crippen LogP contribution in [0.5, 0.6) is 0 Å². The molecule has 7 heteroatoms. The average Bonchev–Trinajstić information content (AvgIpc) is 2.89. The molecule has 124 valence electrons. The summed E-state index contributed by atoms with van der Waals surface area (Å²) in [5, 5.41) is 10.1.